The van der Waals surface area contributed by atoms with Crippen molar-refractivity contribution in [2.45, 2.75) is 57.9 Å². The van der Waals surface area contributed by atoms with Crippen LogP contribution in [-0.2, 0) is 11.2 Å². The Morgan fingerprint density at radius 1 is 1.06 bits per heavy atom. The first kappa shape index (κ1) is 22.8. The van der Waals surface area contributed by atoms with E-state index in [0.29, 0.717) is 11.5 Å². The average molecular weight is 472 g/mol. The van der Waals surface area contributed by atoms with Gasteiger partial charge >= 0.3 is 0 Å². The van der Waals surface area contributed by atoms with Crippen LogP contribution in [0.3, 0.4) is 0 Å². The molecule has 5 nitrogen and oxygen atoms in total. The maximum Gasteiger partial charge on any atom is 0.258 e. The van der Waals surface area contributed by atoms with E-state index in [2.05, 4.69) is 22.5 Å². The molecule has 1 atom stereocenters. The quantitative estimate of drug-likeness (QED) is 0.544. The topological polar surface area (TPSA) is 71.1 Å². The van der Waals surface area contributed by atoms with Crippen molar-refractivity contribution in [3.8, 4) is 0 Å². The highest BCUT2D eigenvalue weighted by Crippen LogP contribution is 2.47. The molecule has 2 aliphatic carbocycles. The first-order valence-corrected chi connectivity index (χ1v) is 11.9. The van der Waals surface area contributed by atoms with Gasteiger partial charge in [-0.05, 0) is 43.9 Å². The van der Waals surface area contributed by atoms with Gasteiger partial charge in [0.15, 0.2) is 5.78 Å². The number of anilines is 1. The zero-order valence-corrected chi connectivity index (χ0v) is 19.6. The van der Waals surface area contributed by atoms with Crippen LogP contribution in [0.4, 0.5) is 5.69 Å². The summed E-state index contributed by atoms with van der Waals surface area (Å²) < 4.78 is 0. The van der Waals surface area contributed by atoms with E-state index in [9.17, 15) is 9.59 Å². The zero-order chi connectivity index (χ0) is 22.7. The van der Waals surface area contributed by atoms with E-state index in [0.717, 1.165) is 43.4 Å². The summed E-state index contributed by atoms with van der Waals surface area (Å²) in [7, 11) is 0. The number of halogens is 2. The molecule has 0 aliphatic heterocycles. The van der Waals surface area contributed by atoms with Gasteiger partial charge in [0, 0.05) is 35.9 Å². The highest BCUT2D eigenvalue weighted by Gasteiger charge is 2.47. The summed E-state index contributed by atoms with van der Waals surface area (Å²) in [6.07, 6.45) is 12.0. The van der Waals surface area contributed by atoms with Crippen molar-refractivity contribution in [3.63, 3.8) is 0 Å². The second-order valence-electron chi connectivity index (χ2n) is 8.80. The highest BCUT2D eigenvalue weighted by atomic mass is 35.5. The third-order valence-electron chi connectivity index (χ3n) is 6.46. The van der Waals surface area contributed by atoms with Crippen LogP contribution in [0.15, 0.2) is 48.4 Å². The molecular formula is C25H27Cl2N3O2. The fourth-order valence-electron chi connectivity index (χ4n) is 4.71. The Hall–Kier alpha value is -2.37. The zero-order valence-electron chi connectivity index (χ0n) is 18.1. The molecule has 2 aromatic rings. The summed E-state index contributed by atoms with van der Waals surface area (Å²) in [6, 6.07) is 7.91. The number of nitrogens with one attached hydrogen (secondary N) is 2. The average Bonchev–Trinajstić information content (AvgIpc) is 3.03. The summed E-state index contributed by atoms with van der Waals surface area (Å²) in [6.45, 7) is 2.14. The maximum absolute atomic E-state index is 12.5. The van der Waals surface area contributed by atoms with Crippen LogP contribution in [0.1, 0.15) is 61.4 Å². The summed E-state index contributed by atoms with van der Waals surface area (Å²) in [5.41, 5.74) is 2.87. The van der Waals surface area contributed by atoms with Gasteiger partial charge in [-0.1, -0.05) is 61.0 Å². The second kappa shape index (κ2) is 9.63. The van der Waals surface area contributed by atoms with Crippen LogP contribution in [0, 0.1) is 5.41 Å². The lowest BCUT2D eigenvalue weighted by molar-refractivity contribution is -0.125. The van der Waals surface area contributed by atoms with Crippen molar-refractivity contribution in [1.29, 1.82) is 0 Å². The first-order chi connectivity index (χ1) is 15.4. The minimum absolute atomic E-state index is 0.198. The normalized spacial score (nSPS) is 18.3. The van der Waals surface area contributed by atoms with E-state index in [1.54, 1.807) is 6.08 Å². The minimum atomic E-state index is -0.375. The molecule has 168 valence electrons. The molecule has 2 N–H and O–H groups in total. The van der Waals surface area contributed by atoms with Gasteiger partial charge in [0.25, 0.3) is 5.91 Å². The fourth-order valence-corrected chi connectivity index (χ4v) is 5.24. The lowest BCUT2D eigenvalue weighted by Crippen LogP contribution is -2.48. The standard InChI is InChI=1S/C25H27Cl2N3O2/c1-16(29-21-13-22(31)25(21)10-4-2-3-5-11-25)12-17-6-8-18(9-7-17)30-24(32)23-19(26)14-28-15-20(23)27/h6-9,13-16,29H,2-5,10-12H2,1H3,(H,30,32)/t16-/m0/s1. The monoisotopic (exact) mass is 471 g/mol. The highest BCUT2D eigenvalue weighted by molar-refractivity contribution is 6.40. The Morgan fingerprint density at radius 3 is 2.28 bits per heavy atom. The molecule has 1 aromatic heterocycles. The minimum Gasteiger partial charge on any atom is -0.385 e. The van der Waals surface area contributed by atoms with Crippen molar-refractivity contribution >= 4 is 40.6 Å². The summed E-state index contributed by atoms with van der Waals surface area (Å²) in [5, 5.41) is 6.84. The lowest BCUT2D eigenvalue weighted by Gasteiger charge is -2.41. The van der Waals surface area contributed by atoms with Crippen LogP contribution in [0.2, 0.25) is 10.0 Å². The van der Waals surface area contributed by atoms with E-state index in [4.69, 9.17) is 23.2 Å². The van der Waals surface area contributed by atoms with Gasteiger partial charge in [-0.3, -0.25) is 14.6 Å². The van der Waals surface area contributed by atoms with Crippen LogP contribution in [0.25, 0.3) is 0 Å². The number of hydrogen-bond acceptors (Lipinski definition) is 4. The fraction of sp³-hybridized carbons (Fsp3) is 0.400. The predicted molar refractivity (Wildman–Crippen MR) is 128 cm³/mol. The molecule has 4 rings (SSSR count). The Morgan fingerprint density at radius 2 is 1.69 bits per heavy atom. The Kier molecular flexibility index (Phi) is 6.87. The molecule has 32 heavy (non-hydrogen) atoms. The van der Waals surface area contributed by atoms with Crippen LogP contribution in [-0.4, -0.2) is 22.7 Å². The van der Waals surface area contributed by atoms with Gasteiger partial charge in [0.05, 0.1) is 21.0 Å². The molecule has 1 amide bonds. The largest absolute Gasteiger partial charge is 0.385 e. The lowest BCUT2D eigenvalue weighted by atomic mass is 9.66. The van der Waals surface area contributed by atoms with Gasteiger partial charge in [0.1, 0.15) is 0 Å². The van der Waals surface area contributed by atoms with Crippen LogP contribution >= 0.6 is 23.2 Å². The van der Waals surface area contributed by atoms with Gasteiger partial charge in [0.2, 0.25) is 0 Å². The number of benzene rings is 1. The number of carbonyl (C=O) groups is 2. The predicted octanol–water partition coefficient (Wildman–Crippen LogP) is 5.97. The number of amides is 1. The van der Waals surface area contributed by atoms with E-state index in [1.807, 2.05) is 24.3 Å². The molecule has 7 heteroatoms. The van der Waals surface area contributed by atoms with Crippen LogP contribution in [0.5, 0.6) is 0 Å². The molecule has 0 radical (unpaired) electrons. The Balaban J connectivity index is 1.35. The summed E-state index contributed by atoms with van der Waals surface area (Å²) in [4.78, 5) is 28.8. The Labute approximate surface area is 198 Å². The van der Waals surface area contributed by atoms with Gasteiger partial charge in [-0.2, -0.15) is 0 Å². The third-order valence-corrected chi connectivity index (χ3v) is 7.03. The smallest absolute Gasteiger partial charge is 0.258 e. The van der Waals surface area contributed by atoms with E-state index in [-0.39, 0.29) is 33.0 Å². The second-order valence-corrected chi connectivity index (χ2v) is 9.61. The van der Waals surface area contributed by atoms with E-state index >= 15 is 0 Å². The molecule has 2 aliphatic rings. The van der Waals surface area contributed by atoms with E-state index in [1.165, 1.54) is 25.2 Å². The number of hydrogen-bond donors (Lipinski definition) is 2. The molecule has 1 fully saturated rings. The van der Waals surface area contributed by atoms with Gasteiger partial charge in [-0.25, -0.2) is 0 Å². The molecule has 0 unspecified atom stereocenters. The molecular weight excluding hydrogens is 445 g/mol. The number of pyridine rings is 1. The number of aromatic nitrogens is 1. The number of carbonyl (C=O) groups excluding carboxylic acids is 2. The van der Waals surface area contributed by atoms with Gasteiger partial charge < -0.3 is 10.6 Å². The van der Waals surface area contributed by atoms with Gasteiger partial charge in [-0.15, -0.1) is 0 Å². The first-order valence-electron chi connectivity index (χ1n) is 11.1. The van der Waals surface area contributed by atoms with Crippen molar-refractivity contribution < 1.29 is 9.59 Å². The van der Waals surface area contributed by atoms with E-state index < -0.39 is 0 Å². The van der Waals surface area contributed by atoms with Crippen molar-refractivity contribution in [3.05, 3.63) is 69.6 Å². The summed E-state index contributed by atoms with van der Waals surface area (Å²) in [5.74, 6) is -0.0796. The molecule has 0 bridgehead atoms. The van der Waals surface area contributed by atoms with Crippen molar-refractivity contribution in [2.75, 3.05) is 5.32 Å². The SMILES string of the molecule is C[C@@H](Cc1ccc(NC(=O)c2c(Cl)cncc2Cl)cc1)NC1=CC(=O)C12CCCCCC2. The molecule has 1 spiro atoms. The Bertz CT molecular complexity index is 1020. The van der Waals surface area contributed by atoms with Crippen molar-refractivity contribution in [1.82, 2.24) is 10.3 Å². The van der Waals surface area contributed by atoms with Crippen molar-refractivity contribution in [2.24, 2.45) is 5.41 Å². The summed E-state index contributed by atoms with van der Waals surface area (Å²) >= 11 is 12.1. The van der Waals surface area contributed by atoms with Crippen LogP contribution < -0.4 is 10.6 Å². The number of nitrogens with zero attached hydrogens (tertiary/aromatic N) is 1. The number of rotatable bonds is 6. The number of ketones is 1. The number of allylic oxidation sites excluding steroid dienone is 2. The molecule has 1 heterocycles. The molecule has 1 aromatic carbocycles. The third kappa shape index (κ3) is 4.69. The maximum atomic E-state index is 12.5. The molecule has 1 saturated carbocycles. The molecule has 0 saturated heterocycles.